The molecule has 3 N–H and O–H groups in total. The molecule has 0 aromatic heterocycles. The minimum absolute atomic E-state index is 0.155. The fraction of sp³-hybridized carbons (Fsp3) is 0.0667. The maximum absolute atomic E-state index is 13.4. The van der Waals surface area contributed by atoms with Crippen LogP contribution in [0.4, 0.5) is 8.78 Å². The van der Waals surface area contributed by atoms with E-state index in [4.69, 9.17) is 28.6 Å². The molecule has 0 spiro atoms. The number of hydrogen-bond acceptors (Lipinski definition) is 2. The minimum Gasteiger partial charge on any atom is -0.351 e. The monoisotopic (exact) mass is 356 g/mol. The second-order valence-corrected chi connectivity index (χ2v) is 5.25. The third kappa shape index (κ3) is 4.64. The molecule has 0 amide bonds. The van der Waals surface area contributed by atoms with E-state index in [-0.39, 0.29) is 18.1 Å². The van der Waals surface area contributed by atoms with E-state index < -0.39 is 11.6 Å². The van der Waals surface area contributed by atoms with Gasteiger partial charge in [0.1, 0.15) is 11.6 Å². The molecule has 8 heteroatoms. The summed E-state index contributed by atoms with van der Waals surface area (Å²) in [6.45, 7) is -0.188. The molecular weight excluding hydrogens is 345 g/mol. The first-order chi connectivity index (χ1) is 11.0. The van der Waals surface area contributed by atoms with E-state index in [1.54, 1.807) is 18.2 Å². The highest BCUT2D eigenvalue weighted by atomic mass is 35.5. The van der Waals surface area contributed by atoms with Crippen LogP contribution < -0.4 is 10.7 Å². The molecule has 2 rings (SSSR count). The first-order valence-electron chi connectivity index (χ1n) is 6.47. The lowest BCUT2D eigenvalue weighted by atomic mass is 10.2. The average Bonchev–Trinajstić information content (AvgIpc) is 2.50. The van der Waals surface area contributed by atoms with Crippen LogP contribution in [0.15, 0.2) is 41.5 Å². The van der Waals surface area contributed by atoms with E-state index in [0.29, 0.717) is 15.6 Å². The second kappa shape index (κ2) is 7.89. The van der Waals surface area contributed by atoms with Crippen molar-refractivity contribution in [1.29, 1.82) is 5.41 Å². The molecular formula is C15H12Cl2F2N4. The lowest BCUT2D eigenvalue weighted by Gasteiger charge is -2.08. The first-order valence-corrected chi connectivity index (χ1v) is 7.23. The Morgan fingerprint density at radius 2 is 1.65 bits per heavy atom. The summed E-state index contributed by atoms with van der Waals surface area (Å²) < 4.78 is 26.9. The molecule has 4 nitrogen and oxygen atoms in total. The highest BCUT2D eigenvalue weighted by Gasteiger charge is 2.08. The molecule has 0 aliphatic heterocycles. The zero-order chi connectivity index (χ0) is 16.8. The second-order valence-electron chi connectivity index (χ2n) is 4.43. The average molecular weight is 357 g/mol. The van der Waals surface area contributed by atoms with Crippen LogP contribution in [0.3, 0.4) is 0 Å². The van der Waals surface area contributed by atoms with E-state index in [0.717, 1.165) is 12.1 Å². The van der Waals surface area contributed by atoms with Crippen molar-refractivity contribution in [3.05, 3.63) is 69.2 Å². The van der Waals surface area contributed by atoms with Crippen LogP contribution in [0.25, 0.3) is 0 Å². The van der Waals surface area contributed by atoms with Crippen molar-refractivity contribution in [1.82, 2.24) is 10.7 Å². The summed E-state index contributed by atoms with van der Waals surface area (Å²) in [5.41, 5.74) is 2.72. The number of nitrogens with zero attached hydrogens (tertiary/aromatic N) is 1. The number of benzene rings is 2. The van der Waals surface area contributed by atoms with Gasteiger partial charge in [0.15, 0.2) is 0 Å². The quantitative estimate of drug-likeness (QED) is 0.441. The van der Waals surface area contributed by atoms with Crippen LogP contribution in [-0.2, 0) is 6.54 Å². The van der Waals surface area contributed by atoms with Crippen molar-refractivity contribution in [2.45, 2.75) is 6.54 Å². The van der Waals surface area contributed by atoms with Crippen LogP contribution in [0.5, 0.6) is 0 Å². The van der Waals surface area contributed by atoms with Gasteiger partial charge in [0, 0.05) is 17.7 Å². The summed E-state index contributed by atoms with van der Waals surface area (Å²) in [4.78, 5) is 0. The molecule has 0 bridgehead atoms. The summed E-state index contributed by atoms with van der Waals surface area (Å²) in [5.74, 6) is -1.60. The normalized spacial score (nSPS) is 10.8. The largest absolute Gasteiger partial charge is 0.351 e. The van der Waals surface area contributed by atoms with Crippen molar-refractivity contribution in [2.75, 3.05) is 0 Å². The molecule has 2 aromatic carbocycles. The maximum atomic E-state index is 13.4. The van der Waals surface area contributed by atoms with Crippen LogP contribution in [0, 0.1) is 17.0 Å². The van der Waals surface area contributed by atoms with Crippen molar-refractivity contribution in [3.8, 4) is 0 Å². The van der Waals surface area contributed by atoms with Gasteiger partial charge in [-0.2, -0.15) is 5.10 Å². The predicted molar refractivity (Wildman–Crippen MR) is 88.1 cm³/mol. The maximum Gasteiger partial charge on any atom is 0.209 e. The SMILES string of the molecule is N=C(NCc1c(F)cccc1F)NN=Cc1c(Cl)cccc1Cl. The van der Waals surface area contributed by atoms with Gasteiger partial charge in [-0.3, -0.25) is 5.41 Å². The molecule has 0 aliphatic carbocycles. The molecule has 0 aliphatic rings. The Balaban J connectivity index is 1.92. The number of hydrogen-bond donors (Lipinski definition) is 3. The van der Waals surface area contributed by atoms with Crippen LogP contribution in [0.2, 0.25) is 10.0 Å². The molecule has 0 atom stereocenters. The third-order valence-electron chi connectivity index (χ3n) is 2.87. The van der Waals surface area contributed by atoms with Gasteiger partial charge in [-0.25, -0.2) is 14.2 Å². The summed E-state index contributed by atoms with van der Waals surface area (Å²) in [6, 6.07) is 8.57. The molecule has 0 unspecified atom stereocenters. The van der Waals surface area contributed by atoms with Crippen molar-refractivity contribution < 1.29 is 8.78 Å². The number of rotatable bonds is 4. The number of nitrogens with one attached hydrogen (secondary N) is 3. The van der Waals surface area contributed by atoms with Crippen molar-refractivity contribution in [3.63, 3.8) is 0 Å². The Morgan fingerprint density at radius 3 is 2.26 bits per heavy atom. The highest BCUT2D eigenvalue weighted by molar-refractivity contribution is 6.38. The third-order valence-corrected chi connectivity index (χ3v) is 3.53. The lowest BCUT2D eigenvalue weighted by Crippen LogP contribution is -2.33. The zero-order valence-electron chi connectivity index (χ0n) is 11.7. The predicted octanol–water partition coefficient (Wildman–Crippen LogP) is 3.92. The van der Waals surface area contributed by atoms with E-state index in [1.807, 2.05) is 0 Å². The van der Waals surface area contributed by atoms with Gasteiger partial charge < -0.3 is 5.32 Å². The van der Waals surface area contributed by atoms with Gasteiger partial charge in [0.2, 0.25) is 5.96 Å². The van der Waals surface area contributed by atoms with E-state index >= 15 is 0 Å². The van der Waals surface area contributed by atoms with Gasteiger partial charge in [0.25, 0.3) is 0 Å². The molecule has 2 aromatic rings. The molecule has 0 radical (unpaired) electrons. The zero-order valence-corrected chi connectivity index (χ0v) is 13.2. The Bertz CT molecular complexity index is 710. The summed E-state index contributed by atoms with van der Waals surface area (Å²) in [7, 11) is 0. The standard InChI is InChI=1S/C15H12Cl2F2N4/c16-11-3-1-4-12(17)9(11)8-22-23-15(20)21-7-10-13(18)5-2-6-14(10)19/h1-6,8H,7H2,(H3,20,21,23). The smallest absolute Gasteiger partial charge is 0.209 e. The Hall–Kier alpha value is -2.18. The van der Waals surface area contributed by atoms with Gasteiger partial charge in [0.05, 0.1) is 16.3 Å². The Kier molecular flexibility index (Phi) is 5.90. The summed E-state index contributed by atoms with van der Waals surface area (Å²) >= 11 is 11.9. The number of hydrazone groups is 1. The minimum atomic E-state index is -0.684. The summed E-state index contributed by atoms with van der Waals surface area (Å²) in [5, 5.41) is 14.7. The van der Waals surface area contributed by atoms with Crippen molar-refractivity contribution in [2.24, 2.45) is 5.10 Å². The molecule has 0 saturated carbocycles. The van der Waals surface area contributed by atoms with Gasteiger partial charge in [-0.05, 0) is 24.3 Å². The van der Waals surface area contributed by atoms with Crippen molar-refractivity contribution >= 4 is 35.4 Å². The number of halogens is 4. The topological polar surface area (TPSA) is 60.3 Å². The van der Waals surface area contributed by atoms with Gasteiger partial charge >= 0.3 is 0 Å². The Morgan fingerprint density at radius 1 is 1.09 bits per heavy atom. The Labute approximate surface area is 141 Å². The van der Waals surface area contributed by atoms with Gasteiger partial charge in [-0.1, -0.05) is 35.3 Å². The molecule has 0 saturated heterocycles. The lowest BCUT2D eigenvalue weighted by molar-refractivity contribution is 0.550. The first kappa shape index (κ1) is 17.2. The molecule has 0 heterocycles. The van der Waals surface area contributed by atoms with Crippen LogP contribution >= 0.6 is 23.2 Å². The highest BCUT2D eigenvalue weighted by Crippen LogP contribution is 2.21. The van der Waals surface area contributed by atoms with Crippen LogP contribution in [-0.4, -0.2) is 12.2 Å². The van der Waals surface area contributed by atoms with E-state index in [1.165, 1.54) is 12.3 Å². The van der Waals surface area contributed by atoms with E-state index in [2.05, 4.69) is 15.8 Å². The summed E-state index contributed by atoms with van der Waals surface area (Å²) in [6.07, 6.45) is 1.35. The molecule has 120 valence electrons. The number of guanidine groups is 1. The molecule has 0 fully saturated rings. The molecule has 23 heavy (non-hydrogen) atoms. The fourth-order valence-corrected chi connectivity index (χ4v) is 2.21. The van der Waals surface area contributed by atoms with E-state index in [9.17, 15) is 8.78 Å². The fourth-order valence-electron chi connectivity index (χ4n) is 1.71. The van der Waals surface area contributed by atoms with Gasteiger partial charge in [-0.15, -0.1) is 0 Å². The van der Waals surface area contributed by atoms with Crippen LogP contribution in [0.1, 0.15) is 11.1 Å².